The van der Waals surface area contributed by atoms with Crippen LogP contribution in [-0.2, 0) is 0 Å². The summed E-state index contributed by atoms with van der Waals surface area (Å²) in [6, 6.07) is 21.9. The lowest BCUT2D eigenvalue weighted by atomic mass is 10.1. The van der Waals surface area contributed by atoms with Crippen molar-refractivity contribution in [1.29, 1.82) is 0 Å². The normalized spacial score (nSPS) is 13.9. The predicted molar refractivity (Wildman–Crippen MR) is 130 cm³/mol. The van der Waals surface area contributed by atoms with Crippen LogP contribution in [0.1, 0.15) is 10.4 Å². The summed E-state index contributed by atoms with van der Waals surface area (Å²) in [5.74, 6) is 0.708. The van der Waals surface area contributed by atoms with Crippen LogP contribution in [0, 0.1) is 5.82 Å². The van der Waals surface area contributed by atoms with Crippen LogP contribution in [0.5, 0.6) is 0 Å². The highest BCUT2D eigenvalue weighted by atomic mass is 79.9. The molecule has 4 aromatic rings. The minimum Gasteiger partial charge on any atom is -0.436 e. The third-order valence-electron chi connectivity index (χ3n) is 5.76. The molecule has 1 saturated heterocycles. The van der Waals surface area contributed by atoms with Crippen LogP contribution in [0.15, 0.2) is 87.9 Å². The van der Waals surface area contributed by atoms with E-state index < -0.39 is 0 Å². The average Bonchev–Trinajstić information content (AvgIpc) is 3.34. The zero-order valence-electron chi connectivity index (χ0n) is 17.7. The summed E-state index contributed by atoms with van der Waals surface area (Å²) in [7, 11) is 0. The topological polar surface area (TPSA) is 49.6 Å². The molecule has 5 rings (SSSR count). The van der Waals surface area contributed by atoms with Crippen molar-refractivity contribution >= 4 is 27.5 Å². The molecule has 0 saturated carbocycles. The van der Waals surface area contributed by atoms with E-state index in [9.17, 15) is 9.18 Å². The first kappa shape index (κ1) is 21.4. The Labute approximate surface area is 199 Å². The second-order valence-electron chi connectivity index (χ2n) is 7.82. The van der Waals surface area contributed by atoms with Gasteiger partial charge in [0.15, 0.2) is 5.76 Å². The lowest BCUT2D eigenvalue weighted by Crippen LogP contribution is -2.49. The van der Waals surface area contributed by atoms with E-state index in [-0.39, 0.29) is 11.7 Å². The summed E-state index contributed by atoms with van der Waals surface area (Å²) in [5, 5.41) is 0. The van der Waals surface area contributed by atoms with Crippen LogP contribution in [0.4, 0.5) is 10.1 Å². The molecule has 0 radical (unpaired) electrons. The number of anilines is 1. The van der Waals surface area contributed by atoms with Gasteiger partial charge in [-0.15, -0.1) is 0 Å². The first-order chi connectivity index (χ1) is 16.1. The molecule has 0 spiro atoms. The van der Waals surface area contributed by atoms with Crippen LogP contribution in [0.2, 0.25) is 0 Å². The van der Waals surface area contributed by atoms with Gasteiger partial charge in [0.1, 0.15) is 5.82 Å². The summed E-state index contributed by atoms with van der Waals surface area (Å²) in [5.41, 5.74) is 2.67. The minimum absolute atomic E-state index is 0.0824. The second kappa shape index (κ2) is 9.19. The number of carbonyl (C=O) groups is 1. The minimum atomic E-state index is -0.243. The molecular formula is C26H21BrFN3O2. The predicted octanol–water partition coefficient (Wildman–Crippen LogP) is 5.87. The summed E-state index contributed by atoms with van der Waals surface area (Å²) >= 11 is 3.47. The van der Waals surface area contributed by atoms with E-state index in [1.165, 1.54) is 6.07 Å². The largest absolute Gasteiger partial charge is 0.436 e. The van der Waals surface area contributed by atoms with Gasteiger partial charge in [-0.25, -0.2) is 9.37 Å². The van der Waals surface area contributed by atoms with Gasteiger partial charge < -0.3 is 14.2 Å². The van der Waals surface area contributed by atoms with Crippen molar-refractivity contribution in [3.8, 4) is 22.8 Å². The molecule has 1 aliphatic heterocycles. The van der Waals surface area contributed by atoms with E-state index in [0.717, 1.165) is 10.0 Å². The molecular weight excluding hydrogens is 485 g/mol. The van der Waals surface area contributed by atoms with Crippen molar-refractivity contribution in [2.45, 2.75) is 0 Å². The fraction of sp³-hybridized carbons (Fsp3) is 0.154. The van der Waals surface area contributed by atoms with Gasteiger partial charge >= 0.3 is 0 Å². The fourth-order valence-electron chi connectivity index (χ4n) is 4.06. The van der Waals surface area contributed by atoms with Crippen LogP contribution < -0.4 is 4.90 Å². The van der Waals surface area contributed by atoms with E-state index in [4.69, 9.17) is 4.42 Å². The number of aromatic nitrogens is 1. The van der Waals surface area contributed by atoms with Crippen LogP contribution in [0.25, 0.3) is 22.8 Å². The summed E-state index contributed by atoms with van der Waals surface area (Å²) < 4.78 is 21.1. The van der Waals surface area contributed by atoms with E-state index in [1.807, 2.05) is 53.4 Å². The number of oxazole rings is 1. The SMILES string of the molecule is O=C(c1ccccc1-c1ncc(-c2cccc(Br)c2)o1)N1CCN(c2ccccc2F)CC1. The van der Waals surface area contributed by atoms with Gasteiger partial charge in [0.2, 0.25) is 5.89 Å². The van der Waals surface area contributed by atoms with E-state index in [1.54, 1.807) is 29.3 Å². The Kier molecular flexibility index (Phi) is 5.96. The molecule has 0 aliphatic carbocycles. The van der Waals surface area contributed by atoms with Crippen molar-refractivity contribution in [3.05, 3.63) is 94.8 Å². The van der Waals surface area contributed by atoms with Gasteiger partial charge in [-0.05, 0) is 36.4 Å². The molecule has 1 aromatic heterocycles. The van der Waals surface area contributed by atoms with Gasteiger partial charge in [0.25, 0.3) is 5.91 Å². The Hall–Kier alpha value is -3.45. The quantitative estimate of drug-likeness (QED) is 0.347. The smallest absolute Gasteiger partial charge is 0.254 e. The summed E-state index contributed by atoms with van der Waals surface area (Å²) in [6.07, 6.45) is 1.67. The van der Waals surface area contributed by atoms with Crippen molar-refractivity contribution in [1.82, 2.24) is 9.88 Å². The van der Waals surface area contributed by atoms with E-state index in [0.29, 0.717) is 54.6 Å². The third-order valence-corrected chi connectivity index (χ3v) is 6.26. The average molecular weight is 506 g/mol. The van der Waals surface area contributed by atoms with Gasteiger partial charge in [0.05, 0.1) is 17.4 Å². The molecule has 0 N–H and O–H groups in total. The molecule has 1 amide bonds. The van der Waals surface area contributed by atoms with Gasteiger partial charge in [0, 0.05) is 41.8 Å². The molecule has 1 aliphatic rings. The molecule has 1 fully saturated rings. The molecule has 0 bridgehead atoms. The number of benzene rings is 3. The number of piperazine rings is 1. The fourth-order valence-corrected chi connectivity index (χ4v) is 4.46. The maximum atomic E-state index is 14.1. The number of amides is 1. The van der Waals surface area contributed by atoms with Crippen molar-refractivity contribution in [2.75, 3.05) is 31.1 Å². The number of halogens is 2. The monoisotopic (exact) mass is 505 g/mol. The van der Waals surface area contributed by atoms with Crippen molar-refractivity contribution < 1.29 is 13.6 Å². The molecule has 0 atom stereocenters. The van der Waals surface area contributed by atoms with Crippen LogP contribution in [0.3, 0.4) is 0 Å². The highest BCUT2D eigenvalue weighted by Crippen LogP contribution is 2.30. The highest BCUT2D eigenvalue weighted by Gasteiger charge is 2.26. The Morgan fingerprint density at radius 1 is 0.939 bits per heavy atom. The first-order valence-electron chi connectivity index (χ1n) is 10.7. The highest BCUT2D eigenvalue weighted by molar-refractivity contribution is 9.10. The number of hydrogen-bond donors (Lipinski definition) is 0. The number of para-hydroxylation sites is 1. The van der Waals surface area contributed by atoms with Crippen LogP contribution >= 0.6 is 15.9 Å². The zero-order valence-corrected chi connectivity index (χ0v) is 19.3. The number of carbonyl (C=O) groups excluding carboxylic acids is 1. The number of hydrogen-bond acceptors (Lipinski definition) is 4. The summed E-state index contributed by atoms with van der Waals surface area (Å²) in [6.45, 7) is 2.16. The van der Waals surface area contributed by atoms with E-state index in [2.05, 4.69) is 20.9 Å². The lowest BCUT2D eigenvalue weighted by molar-refractivity contribution is 0.0747. The number of nitrogens with zero attached hydrogens (tertiary/aromatic N) is 3. The van der Waals surface area contributed by atoms with Crippen molar-refractivity contribution in [3.63, 3.8) is 0 Å². The molecule has 166 valence electrons. The molecule has 5 nitrogen and oxygen atoms in total. The molecule has 0 unspecified atom stereocenters. The second-order valence-corrected chi connectivity index (χ2v) is 8.73. The lowest BCUT2D eigenvalue weighted by Gasteiger charge is -2.36. The maximum Gasteiger partial charge on any atom is 0.254 e. The number of rotatable bonds is 4. The Bertz CT molecular complexity index is 1300. The Morgan fingerprint density at radius 2 is 1.70 bits per heavy atom. The third kappa shape index (κ3) is 4.41. The summed E-state index contributed by atoms with van der Waals surface area (Å²) in [4.78, 5) is 21.6. The first-order valence-corrected chi connectivity index (χ1v) is 11.5. The van der Waals surface area contributed by atoms with Gasteiger partial charge in [-0.1, -0.05) is 52.3 Å². The van der Waals surface area contributed by atoms with E-state index >= 15 is 0 Å². The Balaban J connectivity index is 1.35. The zero-order chi connectivity index (χ0) is 22.8. The molecule has 2 heterocycles. The Morgan fingerprint density at radius 3 is 2.48 bits per heavy atom. The maximum absolute atomic E-state index is 14.1. The standard InChI is InChI=1S/C26H21BrFN3O2/c27-19-7-5-6-18(16-19)24-17-29-25(33-24)20-8-1-2-9-21(20)26(32)31-14-12-30(13-15-31)23-11-4-3-10-22(23)28/h1-11,16-17H,12-15H2. The molecule has 7 heteroatoms. The van der Waals surface area contributed by atoms with Crippen LogP contribution in [-0.4, -0.2) is 42.0 Å². The van der Waals surface area contributed by atoms with Gasteiger partial charge in [-0.3, -0.25) is 4.79 Å². The van der Waals surface area contributed by atoms with Crippen molar-refractivity contribution in [2.24, 2.45) is 0 Å². The molecule has 3 aromatic carbocycles. The van der Waals surface area contributed by atoms with Gasteiger partial charge in [-0.2, -0.15) is 0 Å². The molecule has 33 heavy (non-hydrogen) atoms.